The minimum absolute atomic E-state index is 0.0110. The zero-order valence-corrected chi connectivity index (χ0v) is 17.6. The van der Waals surface area contributed by atoms with Crippen LogP contribution in [0, 0.1) is 11.3 Å². The van der Waals surface area contributed by atoms with Crippen LogP contribution in [0.3, 0.4) is 0 Å². The molecular weight excluding hydrogens is 406 g/mol. The molecule has 0 aliphatic rings. The summed E-state index contributed by atoms with van der Waals surface area (Å²) in [4.78, 5) is 26.7. The summed E-state index contributed by atoms with van der Waals surface area (Å²) >= 11 is 0. The van der Waals surface area contributed by atoms with Crippen molar-refractivity contribution in [3.63, 3.8) is 0 Å². The first kappa shape index (κ1) is 23.1. The summed E-state index contributed by atoms with van der Waals surface area (Å²) in [6, 6.07) is 16.2. The number of esters is 1. The second-order valence-corrected chi connectivity index (χ2v) is 8.08. The molecule has 1 N–H and O–H groups in total. The Labute approximate surface area is 176 Å². The van der Waals surface area contributed by atoms with Crippen molar-refractivity contribution in [2.75, 3.05) is 18.0 Å². The van der Waals surface area contributed by atoms with Crippen LogP contribution in [0.4, 0.5) is 5.69 Å². The van der Waals surface area contributed by atoms with Crippen molar-refractivity contribution in [1.82, 2.24) is 4.72 Å². The van der Waals surface area contributed by atoms with Crippen molar-refractivity contribution in [1.29, 1.82) is 5.26 Å². The Morgan fingerprint density at radius 2 is 1.87 bits per heavy atom. The molecule has 0 aliphatic carbocycles. The number of para-hydroxylation sites is 1. The summed E-state index contributed by atoms with van der Waals surface area (Å²) in [5.74, 6) is -1.31. The van der Waals surface area contributed by atoms with Gasteiger partial charge in [-0.1, -0.05) is 31.2 Å². The largest absolute Gasteiger partial charge is 0.449 e. The molecule has 0 saturated heterocycles. The molecule has 1 unspecified atom stereocenters. The fourth-order valence-electron chi connectivity index (χ4n) is 2.70. The number of benzene rings is 2. The standard InChI is InChI=1S/C21H23N3O5S/c1-3-23-30(27,28)19-12-7-9-17(15-19)21(26)29-16(2)20(25)24(14-8-13-22)18-10-5-4-6-11-18/h4-7,9-12,15-16,23H,3,8,14H2,1-2H3. The Bertz CT molecular complexity index is 1030. The number of nitriles is 1. The number of hydrogen-bond donors (Lipinski definition) is 1. The fraction of sp³-hybridized carbons (Fsp3) is 0.286. The molecule has 2 rings (SSSR count). The van der Waals surface area contributed by atoms with Gasteiger partial charge in [-0.25, -0.2) is 17.9 Å². The Morgan fingerprint density at radius 1 is 1.17 bits per heavy atom. The van der Waals surface area contributed by atoms with Crippen molar-refractivity contribution >= 4 is 27.6 Å². The second kappa shape index (κ2) is 10.5. The Morgan fingerprint density at radius 3 is 2.50 bits per heavy atom. The number of nitrogens with one attached hydrogen (secondary N) is 1. The van der Waals surface area contributed by atoms with Crippen LogP contribution >= 0.6 is 0 Å². The third-order valence-corrected chi connectivity index (χ3v) is 5.67. The molecule has 9 heteroatoms. The molecule has 1 amide bonds. The highest BCUT2D eigenvalue weighted by molar-refractivity contribution is 7.89. The van der Waals surface area contributed by atoms with Crippen molar-refractivity contribution in [2.45, 2.75) is 31.3 Å². The Kier molecular flexibility index (Phi) is 8.09. The number of ether oxygens (including phenoxy) is 1. The summed E-state index contributed by atoms with van der Waals surface area (Å²) in [5.41, 5.74) is 0.594. The van der Waals surface area contributed by atoms with E-state index in [4.69, 9.17) is 10.00 Å². The average Bonchev–Trinajstić information content (AvgIpc) is 2.74. The molecule has 0 heterocycles. The van der Waals surface area contributed by atoms with E-state index in [1.807, 2.05) is 6.07 Å². The topological polar surface area (TPSA) is 117 Å². The summed E-state index contributed by atoms with van der Waals surface area (Å²) in [5, 5.41) is 8.88. The Hall–Kier alpha value is -3.22. The lowest BCUT2D eigenvalue weighted by Gasteiger charge is -2.25. The number of carbonyl (C=O) groups excluding carboxylic acids is 2. The maximum atomic E-state index is 12.9. The normalized spacial score (nSPS) is 11.9. The van der Waals surface area contributed by atoms with Gasteiger partial charge >= 0.3 is 5.97 Å². The molecule has 0 radical (unpaired) electrons. The van der Waals surface area contributed by atoms with Gasteiger partial charge in [-0.2, -0.15) is 5.26 Å². The minimum atomic E-state index is -3.73. The van der Waals surface area contributed by atoms with Crippen LogP contribution in [0.1, 0.15) is 30.6 Å². The number of rotatable bonds is 9. The molecule has 158 valence electrons. The van der Waals surface area contributed by atoms with Crippen LogP contribution in [0.25, 0.3) is 0 Å². The number of sulfonamides is 1. The van der Waals surface area contributed by atoms with Crippen molar-refractivity contribution in [3.05, 3.63) is 60.2 Å². The van der Waals surface area contributed by atoms with Crippen LogP contribution in [-0.2, 0) is 19.6 Å². The van der Waals surface area contributed by atoms with E-state index >= 15 is 0 Å². The lowest BCUT2D eigenvalue weighted by molar-refractivity contribution is -0.126. The highest BCUT2D eigenvalue weighted by Gasteiger charge is 2.26. The van der Waals surface area contributed by atoms with Gasteiger partial charge in [0.15, 0.2) is 6.10 Å². The van der Waals surface area contributed by atoms with E-state index < -0.39 is 28.0 Å². The van der Waals surface area contributed by atoms with Crippen molar-refractivity contribution in [2.24, 2.45) is 0 Å². The predicted octanol–water partition coefficient (Wildman–Crippen LogP) is 2.48. The fourth-order valence-corrected chi connectivity index (χ4v) is 3.78. The van der Waals surface area contributed by atoms with Gasteiger partial charge in [0.1, 0.15) is 0 Å². The maximum absolute atomic E-state index is 12.9. The van der Waals surface area contributed by atoms with Crippen LogP contribution in [0.5, 0.6) is 0 Å². The molecule has 2 aromatic rings. The molecule has 0 bridgehead atoms. The van der Waals surface area contributed by atoms with Gasteiger partial charge in [-0.3, -0.25) is 4.79 Å². The summed E-state index contributed by atoms with van der Waals surface area (Å²) < 4.78 is 31.9. The van der Waals surface area contributed by atoms with Crippen LogP contribution in [-0.4, -0.2) is 39.5 Å². The first-order valence-corrected chi connectivity index (χ1v) is 10.8. The van der Waals surface area contributed by atoms with E-state index in [2.05, 4.69) is 4.72 Å². The average molecular weight is 429 g/mol. The van der Waals surface area contributed by atoms with Crippen LogP contribution in [0.15, 0.2) is 59.5 Å². The maximum Gasteiger partial charge on any atom is 0.338 e. The van der Waals surface area contributed by atoms with Crippen molar-refractivity contribution in [3.8, 4) is 6.07 Å². The van der Waals surface area contributed by atoms with E-state index in [-0.39, 0.29) is 30.0 Å². The number of nitrogens with zero attached hydrogens (tertiary/aromatic N) is 2. The summed E-state index contributed by atoms with van der Waals surface area (Å²) in [6.07, 6.45) is -1.02. The van der Waals surface area contributed by atoms with Gasteiger partial charge in [0.05, 0.1) is 22.9 Å². The predicted molar refractivity (Wildman–Crippen MR) is 111 cm³/mol. The molecular formula is C21H23N3O5S. The van der Waals surface area contributed by atoms with Crippen LogP contribution < -0.4 is 9.62 Å². The molecule has 1 atom stereocenters. The van der Waals surface area contributed by atoms with Gasteiger partial charge in [-0.15, -0.1) is 0 Å². The summed E-state index contributed by atoms with van der Waals surface area (Å²) in [6.45, 7) is 3.44. The SMILES string of the molecule is CCNS(=O)(=O)c1cccc(C(=O)OC(C)C(=O)N(CCC#N)c2ccccc2)c1. The zero-order chi connectivity index (χ0) is 22.1. The first-order valence-electron chi connectivity index (χ1n) is 9.34. The van der Waals surface area contributed by atoms with Gasteiger partial charge in [0.25, 0.3) is 5.91 Å². The third kappa shape index (κ3) is 5.89. The quantitative estimate of drug-likeness (QED) is 0.612. The highest BCUT2D eigenvalue weighted by Crippen LogP contribution is 2.17. The zero-order valence-electron chi connectivity index (χ0n) is 16.7. The molecule has 0 saturated carbocycles. The van der Waals surface area contributed by atoms with Gasteiger partial charge in [-0.05, 0) is 37.3 Å². The monoisotopic (exact) mass is 429 g/mol. The number of hydrogen-bond acceptors (Lipinski definition) is 6. The van der Waals surface area contributed by atoms with E-state index in [9.17, 15) is 18.0 Å². The smallest absolute Gasteiger partial charge is 0.338 e. The summed E-state index contributed by atoms with van der Waals surface area (Å²) in [7, 11) is -3.73. The van der Waals surface area contributed by atoms with Crippen LogP contribution in [0.2, 0.25) is 0 Å². The molecule has 2 aromatic carbocycles. The second-order valence-electron chi connectivity index (χ2n) is 6.31. The minimum Gasteiger partial charge on any atom is -0.449 e. The number of anilines is 1. The number of amides is 1. The van der Waals surface area contributed by atoms with E-state index in [1.165, 1.54) is 36.1 Å². The number of carbonyl (C=O) groups is 2. The van der Waals surface area contributed by atoms with Gasteiger partial charge in [0, 0.05) is 18.8 Å². The third-order valence-electron chi connectivity index (χ3n) is 4.13. The van der Waals surface area contributed by atoms with E-state index in [1.54, 1.807) is 37.3 Å². The molecule has 0 spiro atoms. The molecule has 0 aliphatic heterocycles. The molecule has 8 nitrogen and oxygen atoms in total. The molecule has 0 aromatic heterocycles. The van der Waals surface area contributed by atoms with Crippen molar-refractivity contribution < 1.29 is 22.7 Å². The highest BCUT2D eigenvalue weighted by atomic mass is 32.2. The van der Waals surface area contributed by atoms with Gasteiger partial charge in [0.2, 0.25) is 10.0 Å². The Balaban J connectivity index is 2.18. The van der Waals surface area contributed by atoms with E-state index in [0.717, 1.165) is 0 Å². The first-order chi connectivity index (χ1) is 14.3. The lowest BCUT2D eigenvalue weighted by atomic mass is 10.2. The molecule has 30 heavy (non-hydrogen) atoms. The van der Waals surface area contributed by atoms with Gasteiger partial charge < -0.3 is 9.64 Å². The lowest BCUT2D eigenvalue weighted by Crippen LogP contribution is -2.40. The van der Waals surface area contributed by atoms with E-state index in [0.29, 0.717) is 5.69 Å². The molecule has 0 fully saturated rings.